The van der Waals surface area contributed by atoms with E-state index in [0.29, 0.717) is 6.42 Å². The van der Waals surface area contributed by atoms with Crippen molar-refractivity contribution in [3.8, 4) is 5.75 Å². The van der Waals surface area contributed by atoms with Crippen molar-refractivity contribution < 1.29 is 13.9 Å². The van der Waals surface area contributed by atoms with Gasteiger partial charge in [-0.15, -0.1) is 0 Å². The Kier molecular flexibility index (Phi) is 4.03. The first-order chi connectivity index (χ1) is 12.6. The number of aromatic nitrogens is 1. The van der Waals surface area contributed by atoms with Crippen LogP contribution in [-0.2, 0) is 11.2 Å². The van der Waals surface area contributed by atoms with Gasteiger partial charge in [-0.1, -0.05) is 25.1 Å². The molecule has 1 N–H and O–H groups in total. The number of aromatic amines is 1. The second-order valence-corrected chi connectivity index (χ2v) is 6.69. The van der Waals surface area contributed by atoms with Crippen molar-refractivity contribution >= 4 is 27.7 Å². The molecule has 0 saturated carbocycles. The van der Waals surface area contributed by atoms with Gasteiger partial charge in [0.15, 0.2) is 0 Å². The molecule has 132 valence electrons. The third-order valence-electron chi connectivity index (χ3n) is 4.94. The van der Waals surface area contributed by atoms with E-state index >= 15 is 0 Å². The molecule has 1 unspecified atom stereocenters. The minimum absolute atomic E-state index is 0.0776. The maximum absolute atomic E-state index is 11.8. The Labute approximate surface area is 151 Å². The van der Waals surface area contributed by atoms with Gasteiger partial charge in [0.05, 0.1) is 13.5 Å². The fourth-order valence-electron chi connectivity index (χ4n) is 3.71. The Morgan fingerprint density at radius 2 is 2.00 bits per heavy atom. The number of carbonyl (C=O) groups excluding carboxylic acids is 1. The van der Waals surface area contributed by atoms with Gasteiger partial charge >= 0.3 is 0 Å². The van der Waals surface area contributed by atoms with Crippen LogP contribution in [-0.4, -0.2) is 17.9 Å². The first-order valence-corrected chi connectivity index (χ1v) is 8.73. The van der Waals surface area contributed by atoms with Gasteiger partial charge in [-0.05, 0) is 36.8 Å². The average molecular weight is 347 g/mol. The number of furan rings is 1. The zero-order valence-corrected chi connectivity index (χ0v) is 15.1. The van der Waals surface area contributed by atoms with E-state index in [1.807, 2.05) is 36.5 Å². The average Bonchev–Trinajstić information content (AvgIpc) is 3.21. The Morgan fingerprint density at radius 3 is 2.77 bits per heavy atom. The highest BCUT2D eigenvalue weighted by Gasteiger charge is 2.24. The molecule has 0 aliphatic carbocycles. The number of nitrogens with one attached hydrogen (secondary N) is 1. The second-order valence-electron chi connectivity index (χ2n) is 6.69. The molecule has 0 radical (unpaired) electrons. The molecule has 0 aliphatic rings. The zero-order valence-electron chi connectivity index (χ0n) is 15.1. The summed E-state index contributed by atoms with van der Waals surface area (Å²) in [5.74, 6) is 1.68. The smallest absolute Gasteiger partial charge is 0.137 e. The largest absolute Gasteiger partial charge is 0.497 e. The number of Topliss-reactive ketones (excluding diaryl/α,β-unsaturated/α-hetero) is 1. The van der Waals surface area contributed by atoms with Crippen LogP contribution in [0.3, 0.4) is 0 Å². The molecule has 2 aromatic heterocycles. The third-order valence-corrected chi connectivity index (χ3v) is 4.94. The molecule has 1 atom stereocenters. The number of rotatable bonds is 5. The zero-order chi connectivity index (χ0) is 18.3. The molecule has 4 heteroatoms. The minimum atomic E-state index is 0.0776. The lowest BCUT2D eigenvalue weighted by molar-refractivity contribution is -0.116. The highest BCUT2D eigenvalue weighted by atomic mass is 16.5. The Bertz CT molecular complexity index is 1100. The van der Waals surface area contributed by atoms with Gasteiger partial charge in [0.1, 0.15) is 22.9 Å². The van der Waals surface area contributed by atoms with Crippen molar-refractivity contribution in [2.75, 3.05) is 7.11 Å². The van der Waals surface area contributed by atoms with Gasteiger partial charge in [0.2, 0.25) is 0 Å². The predicted octanol–water partition coefficient (Wildman–Crippen LogP) is 5.21. The summed E-state index contributed by atoms with van der Waals surface area (Å²) in [6, 6.07) is 14.0. The van der Waals surface area contributed by atoms with Gasteiger partial charge in [0, 0.05) is 34.0 Å². The lowest BCUT2D eigenvalue weighted by Crippen LogP contribution is -2.02. The van der Waals surface area contributed by atoms with Crippen LogP contribution >= 0.6 is 0 Å². The third kappa shape index (κ3) is 2.68. The number of ketones is 1. The molecule has 4 rings (SSSR count). The number of ether oxygens (including phenoxy) is 1. The van der Waals surface area contributed by atoms with E-state index in [9.17, 15) is 4.79 Å². The number of para-hydroxylation sites is 1. The molecular formula is C22H21NO3. The van der Waals surface area contributed by atoms with Crippen molar-refractivity contribution in [2.24, 2.45) is 0 Å². The highest BCUT2D eigenvalue weighted by molar-refractivity contribution is 5.90. The van der Waals surface area contributed by atoms with Gasteiger partial charge in [-0.2, -0.15) is 0 Å². The molecule has 2 aromatic carbocycles. The van der Waals surface area contributed by atoms with Crippen molar-refractivity contribution in [2.45, 2.75) is 26.2 Å². The van der Waals surface area contributed by atoms with E-state index in [-0.39, 0.29) is 11.7 Å². The van der Waals surface area contributed by atoms with Crippen molar-refractivity contribution in [1.29, 1.82) is 0 Å². The van der Waals surface area contributed by atoms with Gasteiger partial charge in [-0.3, -0.25) is 4.79 Å². The first kappa shape index (κ1) is 16.5. The van der Waals surface area contributed by atoms with Crippen LogP contribution in [0.15, 0.2) is 53.1 Å². The van der Waals surface area contributed by atoms with Gasteiger partial charge in [0.25, 0.3) is 0 Å². The van der Waals surface area contributed by atoms with E-state index in [1.165, 1.54) is 10.9 Å². The fraction of sp³-hybridized carbons (Fsp3) is 0.227. The summed E-state index contributed by atoms with van der Waals surface area (Å²) in [6.07, 6.45) is 2.34. The van der Waals surface area contributed by atoms with Crippen LogP contribution in [0.2, 0.25) is 0 Å². The van der Waals surface area contributed by atoms with Crippen LogP contribution < -0.4 is 4.74 Å². The predicted molar refractivity (Wildman–Crippen MR) is 103 cm³/mol. The maximum atomic E-state index is 11.8. The fourth-order valence-corrected chi connectivity index (χ4v) is 3.71. The molecule has 0 bridgehead atoms. The van der Waals surface area contributed by atoms with E-state index < -0.39 is 0 Å². The molecular weight excluding hydrogens is 326 g/mol. The molecule has 4 aromatic rings. The van der Waals surface area contributed by atoms with Crippen LogP contribution in [0.4, 0.5) is 0 Å². The van der Waals surface area contributed by atoms with Crippen LogP contribution in [0.1, 0.15) is 36.7 Å². The maximum Gasteiger partial charge on any atom is 0.137 e. The van der Waals surface area contributed by atoms with E-state index in [2.05, 4.69) is 24.0 Å². The Morgan fingerprint density at radius 1 is 1.19 bits per heavy atom. The summed E-state index contributed by atoms with van der Waals surface area (Å²) in [5, 5.41) is 2.18. The molecule has 0 amide bonds. The summed E-state index contributed by atoms with van der Waals surface area (Å²) in [6.45, 7) is 3.75. The lowest BCUT2D eigenvalue weighted by Gasteiger charge is -2.12. The second kappa shape index (κ2) is 6.37. The number of H-pyrrole nitrogens is 1. The van der Waals surface area contributed by atoms with Crippen LogP contribution in [0, 0.1) is 0 Å². The minimum Gasteiger partial charge on any atom is -0.497 e. The Hall–Kier alpha value is -3.01. The summed E-state index contributed by atoms with van der Waals surface area (Å²) < 4.78 is 11.4. The summed E-state index contributed by atoms with van der Waals surface area (Å²) in [4.78, 5) is 15.1. The number of benzene rings is 2. The topological polar surface area (TPSA) is 55.2 Å². The van der Waals surface area contributed by atoms with Crippen LogP contribution in [0.5, 0.6) is 5.75 Å². The number of hydrogen-bond acceptors (Lipinski definition) is 3. The van der Waals surface area contributed by atoms with Crippen molar-refractivity contribution in [3.05, 3.63) is 65.5 Å². The lowest BCUT2D eigenvalue weighted by atomic mass is 9.89. The van der Waals surface area contributed by atoms with E-state index in [0.717, 1.165) is 33.6 Å². The first-order valence-electron chi connectivity index (χ1n) is 8.73. The number of methoxy groups -OCH3 is 1. The summed E-state index contributed by atoms with van der Waals surface area (Å²) in [5.41, 5.74) is 4.13. The van der Waals surface area contributed by atoms with Gasteiger partial charge in [-0.25, -0.2) is 0 Å². The monoisotopic (exact) mass is 347 g/mol. The van der Waals surface area contributed by atoms with Crippen LogP contribution in [0.25, 0.3) is 21.9 Å². The van der Waals surface area contributed by atoms with Crippen molar-refractivity contribution in [1.82, 2.24) is 4.98 Å². The Balaban J connectivity index is 1.94. The summed E-state index contributed by atoms with van der Waals surface area (Å²) in [7, 11) is 1.65. The van der Waals surface area contributed by atoms with E-state index in [1.54, 1.807) is 14.0 Å². The number of hydrogen-bond donors (Lipinski definition) is 1. The molecule has 0 aliphatic heterocycles. The summed E-state index contributed by atoms with van der Waals surface area (Å²) >= 11 is 0. The van der Waals surface area contributed by atoms with Gasteiger partial charge < -0.3 is 14.1 Å². The molecule has 0 saturated heterocycles. The molecule has 4 nitrogen and oxygen atoms in total. The molecule has 0 spiro atoms. The number of fused-ring (bicyclic) bond motifs is 2. The SMILES string of the molecule is COc1ccc2oc(CC(C)=O)c(C(C)c3c[nH]c4ccccc34)c2c1. The number of carbonyl (C=O) groups is 1. The molecule has 0 fully saturated rings. The van der Waals surface area contributed by atoms with E-state index in [4.69, 9.17) is 9.15 Å². The van der Waals surface area contributed by atoms with Crippen molar-refractivity contribution in [3.63, 3.8) is 0 Å². The highest BCUT2D eigenvalue weighted by Crippen LogP contribution is 2.39. The molecule has 2 heterocycles. The quantitative estimate of drug-likeness (QED) is 0.539. The standard InChI is InChI=1S/C22H21NO3/c1-13(24)10-21-22(17-11-15(25-3)8-9-20(17)26-21)14(2)18-12-23-19-7-5-4-6-16(18)19/h4-9,11-12,14,23H,10H2,1-3H3. The molecule has 26 heavy (non-hydrogen) atoms. The normalized spacial score (nSPS) is 12.6.